The van der Waals surface area contributed by atoms with Crippen LogP contribution in [0.5, 0.6) is 0 Å². The zero-order valence-electron chi connectivity index (χ0n) is 19.2. The lowest BCUT2D eigenvalue weighted by Gasteiger charge is -2.40. The van der Waals surface area contributed by atoms with Gasteiger partial charge in [0.15, 0.2) is 8.32 Å². The third-order valence-electron chi connectivity index (χ3n) is 7.37. The molecule has 1 aliphatic carbocycles. The minimum absolute atomic E-state index is 0.0916. The molecule has 1 saturated carbocycles. The molecule has 0 unspecified atom stereocenters. The van der Waals surface area contributed by atoms with Crippen LogP contribution in [0.25, 0.3) is 5.57 Å². The molecule has 0 radical (unpaired) electrons. The minimum Gasteiger partial charge on any atom is -0.417 e. The molecular weight excluding hydrogens is 394 g/mol. The third kappa shape index (κ3) is 5.56. The largest absolute Gasteiger partial charge is 0.417 e. The molecule has 6 nitrogen and oxygen atoms in total. The Labute approximate surface area is 182 Å². The van der Waals surface area contributed by atoms with Crippen LogP contribution >= 0.6 is 0 Å². The van der Waals surface area contributed by atoms with E-state index in [2.05, 4.69) is 49.8 Å². The fourth-order valence-corrected chi connectivity index (χ4v) is 5.27. The fraction of sp³-hybridized carbons (Fsp3) is 0.696. The highest BCUT2D eigenvalue weighted by molar-refractivity contribution is 6.74. The van der Waals surface area contributed by atoms with Crippen molar-refractivity contribution in [2.45, 2.75) is 77.0 Å². The maximum atomic E-state index is 10.8. The Morgan fingerprint density at radius 1 is 1.23 bits per heavy atom. The van der Waals surface area contributed by atoms with Crippen LogP contribution in [0.3, 0.4) is 0 Å². The molecule has 2 aliphatic rings. The van der Waals surface area contributed by atoms with Gasteiger partial charge in [-0.2, -0.15) is 0 Å². The van der Waals surface area contributed by atoms with Crippen molar-refractivity contribution < 1.29 is 9.35 Å². The van der Waals surface area contributed by atoms with Crippen molar-refractivity contribution in [1.29, 1.82) is 0 Å². The van der Waals surface area contributed by atoms with Gasteiger partial charge in [-0.1, -0.05) is 26.8 Å². The van der Waals surface area contributed by atoms with Crippen LogP contribution < -0.4 is 0 Å². The van der Waals surface area contributed by atoms with Gasteiger partial charge in [0.1, 0.15) is 6.20 Å². The maximum absolute atomic E-state index is 10.8. The minimum atomic E-state index is -1.65. The molecule has 0 atom stereocenters. The van der Waals surface area contributed by atoms with Crippen LogP contribution in [0, 0.1) is 16.0 Å². The lowest BCUT2D eigenvalue weighted by atomic mass is 9.85. The molecule has 1 aromatic heterocycles. The molecule has 0 spiro atoms. The molecule has 0 N–H and O–H groups in total. The fourth-order valence-electron chi connectivity index (χ4n) is 4.18. The Bertz CT molecular complexity index is 763. The molecular formula is C23H37N3O3Si. The number of hydrogen-bond acceptors (Lipinski definition) is 5. The summed E-state index contributed by atoms with van der Waals surface area (Å²) >= 11 is 0. The predicted molar refractivity (Wildman–Crippen MR) is 124 cm³/mol. The lowest BCUT2D eigenvalue weighted by molar-refractivity contribution is -0.389. The van der Waals surface area contributed by atoms with Crippen molar-refractivity contribution in [2.24, 2.45) is 5.92 Å². The number of hydrogen-bond donors (Lipinski definition) is 0. The van der Waals surface area contributed by atoms with Crippen LogP contribution in [0.1, 0.15) is 58.4 Å². The lowest BCUT2D eigenvalue weighted by Crippen LogP contribution is -2.44. The van der Waals surface area contributed by atoms with E-state index in [9.17, 15) is 10.1 Å². The zero-order valence-corrected chi connectivity index (χ0v) is 20.2. The smallest absolute Gasteiger partial charge is 0.363 e. The molecule has 166 valence electrons. The molecule has 30 heavy (non-hydrogen) atoms. The zero-order chi connectivity index (χ0) is 21.9. The van der Waals surface area contributed by atoms with Gasteiger partial charge in [-0.05, 0) is 77.7 Å². The highest BCUT2D eigenvalue weighted by atomic mass is 28.4. The number of pyridine rings is 1. The molecule has 3 rings (SSSR count). The Kier molecular flexibility index (Phi) is 7.15. The molecule has 0 saturated heterocycles. The van der Waals surface area contributed by atoms with Crippen LogP contribution in [0.2, 0.25) is 18.1 Å². The molecule has 1 fully saturated rings. The summed E-state index contributed by atoms with van der Waals surface area (Å²) in [5.74, 6) is 0.614. The highest BCUT2D eigenvalue weighted by Gasteiger charge is 2.38. The van der Waals surface area contributed by atoms with Crippen molar-refractivity contribution in [3.8, 4) is 0 Å². The molecule has 1 aliphatic heterocycles. The van der Waals surface area contributed by atoms with Gasteiger partial charge >= 0.3 is 5.82 Å². The van der Waals surface area contributed by atoms with E-state index < -0.39 is 13.2 Å². The third-order valence-corrected chi connectivity index (χ3v) is 11.9. The quantitative estimate of drug-likeness (QED) is 0.330. The average Bonchev–Trinajstić information content (AvgIpc) is 2.72. The molecule has 2 heterocycles. The average molecular weight is 432 g/mol. The standard InChI is InChI=1S/C23H37N3O3Si/c1-23(2,3)30(4,5)29-17-18-6-9-21(10-7-18)25-14-12-19(13-15-25)20-8-11-22(24-16-20)26(27)28/h8,11-12,16,18,21H,6-7,9-10,13-15,17H2,1-5H3. The normalized spacial score (nSPS) is 23.8. The molecule has 1 aromatic rings. The van der Waals surface area contributed by atoms with Gasteiger partial charge in [-0.25, -0.2) is 0 Å². The van der Waals surface area contributed by atoms with E-state index >= 15 is 0 Å². The summed E-state index contributed by atoms with van der Waals surface area (Å²) in [6.07, 6.45) is 9.93. The van der Waals surface area contributed by atoms with Crippen molar-refractivity contribution in [2.75, 3.05) is 19.7 Å². The molecule has 0 amide bonds. The Balaban J connectivity index is 1.46. The highest BCUT2D eigenvalue weighted by Crippen LogP contribution is 2.38. The second-order valence-corrected chi connectivity index (χ2v) is 15.2. The SMILES string of the molecule is CC(C)(C)[Si](C)(C)OCC1CCC(N2CC=C(c3ccc([N+](=O)[O-])nc3)CC2)CC1. The van der Waals surface area contributed by atoms with E-state index in [-0.39, 0.29) is 10.9 Å². The summed E-state index contributed by atoms with van der Waals surface area (Å²) in [4.78, 5) is 16.9. The summed E-state index contributed by atoms with van der Waals surface area (Å²) in [7, 11) is -1.65. The number of aromatic nitrogens is 1. The van der Waals surface area contributed by atoms with Crippen molar-refractivity contribution >= 4 is 19.7 Å². The van der Waals surface area contributed by atoms with Gasteiger partial charge in [0.05, 0.1) is 0 Å². The Hall–Kier alpha value is -1.57. The van der Waals surface area contributed by atoms with E-state index in [0.717, 1.165) is 31.7 Å². The monoisotopic (exact) mass is 431 g/mol. The second-order valence-electron chi connectivity index (χ2n) is 10.4. The van der Waals surface area contributed by atoms with Gasteiger partial charge in [0.25, 0.3) is 0 Å². The Morgan fingerprint density at radius 3 is 2.43 bits per heavy atom. The van der Waals surface area contributed by atoms with Gasteiger partial charge < -0.3 is 14.5 Å². The first-order valence-corrected chi connectivity index (χ1v) is 14.2. The van der Waals surface area contributed by atoms with Crippen LogP contribution in [-0.4, -0.2) is 48.9 Å². The number of nitro groups is 1. The van der Waals surface area contributed by atoms with Crippen LogP contribution in [0.4, 0.5) is 5.82 Å². The molecule has 7 heteroatoms. The van der Waals surface area contributed by atoms with Crippen molar-refractivity contribution in [1.82, 2.24) is 9.88 Å². The van der Waals surface area contributed by atoms with Crippen molar-refractivity contribution in [3.05, 3.63) is 40.1 Å². The summed E-state index contributed by atoms with van der Waals surface area (Å²) in [6.45, 7) is 14.6. The van der Waals surface area contributed by atoms with Crippen LogP contribution in [0.15, 0.2) is 24.4 Å². The molecule has 0 bridgehead atoms. The first-order chi connectivity index (χ1) is 14.1. The van der Waals surface area contributed by atoms with E-state index in [1.54, 1.807) is 6.20 Å². The van der Waals surface area contributed by atoms with E-state index in [1.807, 2.05) is 6.07 Å². The summed E-state index contributed by atoms with van der Waals surface area (Å²) in [6, 6.07) is 3.98. The first-order valence-electron chi connectivity index (χ1n) is 11.2. The van der Waals surface area contributed by atoms with Gasteiger partial charge in [-0.15, -0.1) is 0 Å². The summed E-state index contributed by atoms with van der Waals surface area (Å²) < 4.78 is 6.47. The van der Waals surface area contributed by atoms with Gasteiger partial charge in [0, 0.05) is 37.4 Å². The Morgan fingerprint density at radius 2 is 1.93 bits per heavy atom. The first kappa shape index (κ1) is 23.1. The van der Waals surface area contributed by atoms with Gasteiger partial charge in [-0.3, -0.25) is 4.90 Å². The predicted octanol–water partition coefficient (Wildman–Crippen LogP) is 5.66. The maximum Gasteiger partial charge on any atom is 0.363 e. The van der Waals surface area contributed by atoms with Gasteiger partial charge in [0.2, 0.25) is 0 Å². The number of nitrogens with zero attached hydrogens (tertiary/aromatic N) is 3. The van der Waals surface area contributed by atoms with E-state index in [4.69, 9.17) is 4.43 Å². The molecule has 0 aromatic carbocycles. The topological polar surface area (TPSA) is 68.5 Å². The van der Waals surface area contributed by atoms with Crippen LogP contribution in [-0.2, 0) is 4.43 Å². The second kappa shape index (κ2) is 9.28. The van der Waals surface area contributed by atoms with Crippen molar-refractivity contribution in [3.63, 3.8) is 0 Å². The summed E-state index contributed by atoms with van der Waals surface area (Å²) in [5.41, 5.74) is 2.26. The number of rotatable bonds is 6. The van der Waals surface area contributed by atoms with E-state index in [1.165, 1.54) is 37.3 Å². The summed E-state index contributed by atoms with van der Waals surface area (Å²) in [5, 5.41) is 11.1. The van der Waals surface area contributed by atoms with E-state index in [0.29, 0.717) is 12.0 Å².